The molecule has 0 aliphatic rings. The molecule has 2 aromatic heterocycles. The normalized spacial score (nSPS) is 11.0. The van der Waals surface area contributed by atoms with Gasteiger partial charge in [-0.1, -0.05) is 29.4 Å². The SMILES string of the molecule is COc1ccc(NC(=O)CSc2nc3n[nH]c(C)c3c(=N)n2-c2cc(Cl)ccc2C)c(OC)c1. The molecular weight excluding hydrogens is 476 g/mol. The first-order chi connectivity index (χ1) is 16.3. The number of fused-ring (bicyclic) bond motifs is 1. The third-order valence-corrected chi connectivity index (χ3v) is 6.38. The maximum atomic E-state index is 12.8. The summed E-state index contributed by atoms with van der Waals surface area (Å²) in [5, 5.41) is 20.4. The van der Waals surface area contributed by atoms with E-state index in [4.69, 9.17) is 26.5 Å². The van der Waals surface area contributed by atoms with Crippen molar-refractivity contribution in [2.24, 2.45) is 0 Å². The number of nitrogens with zero attached hydrogens (tertiary/aromatic N) is 3. The lowest BCUT2D eigenvalue weighted by atomic mass is 10.2. The van der Waals surface area contributed by atoms with Crippen molar-refractivity contribution in [3.8, 4) is 17.2 Å². The molecule has 2 aromatic carbocycles. The summed E-state index contributed by atoms with van der Waals surface area (Å²) in [4.78, 5) is 17.4. The number of thioether (sulfide) groups is 1. The van der Waals surface area contributed by atoms with E-state index < -0.39 is 0 Å². The maximum absolute atomic E-state index is 12.8. The van der Waals surface area contributed by atoms with Gasteiger partial charge in [0, 0.05) is 16.8 Å². The molecule has 4 aromatic rings. The fraction of sp³-hybridized carbons (Fsp3) is 0.217. The second-order valence-electron chi connectivity index (χ2n) is 7.46. The average molecular weight is 499 g/mol. The first-order valence-electron chi connectivity index (χ1n) is 10.3. The summed E-state index contributed by atoms with van der Waals surface area (Å²) in [6.07, 6.45) is 0. The predicted molar refractivity (Wildman–Crippen MR) is 132 cm³/mol. The van der Waals surface area contributed by atoms with Gasteiger partial charge >= 0.3 is 0 Å². The standard InChI is InChI=1S/C23H23ClN6O3S/c1-12-5-6-14(24)9-17(12)30-21(25)20-13(2)28-29-22(20)27-23(30)34-11-19(31)26-16-8-7-15(32-3)10-18(16)33-4/h5-10,25H,11H2,1-4H3,(H,26,31)(H,28,29). The highest BCUT2D eigenvalue weighted by atomic mass is 35.5. The molecule has 34 heavy (non-hydrogen) atoms. The Balaban J connectivity index is 1.68. The van der Waals surface area contributed by atoms with Crippen LogP contribution >= 0.6 is 23.4 Å². The number of hydrogen-bond acceptors (Lipinski definition) is 7. The van der Waals surface area contributed by atoms with Crippen LogP contribution < -0.4 is 20.3 Å². The van der Waals surface area contributed by atoms with E-state index in [0.29, 0.717) is 44.1 Å². The molecule has 0 aliphatic carbocycles. The number of rotatable bonds is 7. The van der Waals surface area contributed by atoms with E-state index in [1.165, 1.54) is 18.9 Å². The number of aryl methyl sites for hydroxylation is 2. The molecule has 2 heterocycles. The monoisotopic (exact) mass is 498 g/mol. The molecule has 0 atom stereocenters. The zero-order valence-electron chi connectivity index (χ0n) is 19.0. The Morgan fingerprint density at radius 2 is 2.00 bits per heavy atom. The number of hydrogen-bond donors (Lipinski definition) is 3. The Morgan fingerprint density at radius 3 is 2.74 bits per heavy atom. The Bertz CT molecular complexity index is 1450. The minimum atomic E-state index is -0.255. The number of methoxy groups -OCH3 is 2. The zero-order chi connectivity index (χ0) is 24.4. The Hall–Kier alpha value is -3.50. The summed E-state index contributed by atoms with van der Waals surface area (Å²) in [7, 11) is 3.09. The maximum Gasteiger partial charge on any atom is 0.234 e. The number of ether oxygens (including phenoxy) is 2. The van der Waals surface area contributed by atoms with Gasteiger partial charge in [-0.15, -0.1) is 0 Å². The van der Waals surface area contributed by atoms with E-state index in [2.05, 4.69) is 20.5 Å². The topological polar surface area (TPSA) is 118 Å². The summed E-state index contributed by atoms with van der Waals surface area (Å²) in [5.74, 6) is 0.907. The van der Waals surface area contributed by atoms with Crippen molar-refractivity contribution in [2.45, 2.75) is 19.0 Å². The number of carbonyl (C=O) groups is 1. The van der Waals surface area contributed by atoms with Crippen molar-refractivity contribution in [3.63, 3.8) is 0 Å². The number of benzene rings is 2. The lowest BCUT2D eigenvalue weighted by molar-refractivity contribution is -0.113. The van der Waals surface area contributed by atoms with Gasteiger partial charge in [0.2, 0.25) is 5.91 Å². The molecule has 0 radical (unpaired) electrons. The zero-order valence-corrected chi connectivity index (χ0v) is 20.6. The summed E-state index contributed by atoms with van der Waals surface area (Å²) in [6, 6.07) is 10.6. The third-order valence-electron chi connectivity index (χ3n) is 5.21. The molecule has 0 fully saturated rings. The van der Waals surface area contributed by atoms with Crippen LogP contribution in [0.15, 0.2) is 41.6 Å². The van der Waals surface area contributed by atoms with E-state index in [0.717, 1.165) is 11.3 Å². The van der Waals surface area contributed by atoms with Crippen LogP contribution in [-0.2, 0) is 4.79 Å². The number of nitrogens with one attached hydrogen (secondary N) is 3. The van der Waals surface area contributed by atoms with Crippen LogP contribution in [0.25, 0.3) is 16.7 Å². The number of amides is 1. The quantitative estimate of drug-likeness (QED) is 0.259. The molecule has 3 N–H and O–H groups in total. The van der Waals surface area contributed by atoms with Gasteiger partial charge in [0.1, 0.15) is 17.0 Å². The lowest BCUT2D eigenvalue weighted by Crippen LogP contribution is -2.24. The van der Waals surface area contributed by atoms with Gasteiger partial charge in [-0.05, 0) is 43.7 Å². The van der Waals surface area contributed by atoms with E-state index in [9.17, 15) is 4.79 Å². The summed E-state index contributed by atoms with van der Waals surface area (Å²) < 4.78 is 12.2. The fourth-order valence-corrected chi connectivity index (χ4v) is 4.46. The molecule has 11 heteroatoms. The summed E-state index contributed by atoms with van der Waals surface area (Å²) in [6.45, 7) is 3.77. The smallest absolute Gasteiger partial charge is 0.234 e. The lowest BCUT2D eigenvalue weighted by Gasteiger charge is -2.16. The van der Waals surface area contributed by atoms with Crippen molar-refractivity contribution in [1.82, 2.24) is 19.7 Å². The summed E-state index contributed by atoms with van der Waals surface area (Å²) >= 11 is 7.46. The van der Waals surface area contributed by atoms with Crippen LogP contribution in [0, 0.1) is 19.3 Å². The number of aromatic nitrogens is 4. The number of aromatic amines is 1. The van der Waals surface area contributed by atoms with Gasteiger partial charge in [0.25, 0.3) is 0 Å². The summed E-state index contributed by atoms with van der Waals surface area (Å²) in [5.41, 5.74) is 3.52. The van der Waals surface area contributed by atoms with Gasteiger partial charge in [-0.2, -0.15) is 5.10 Å². The minimum Gasteiger partial charge on any atom is -0.497 e. The Kier molecular flexibility index (Phi) is 6.80. The minimum absolute atomic E-state index is 0.0517. The second kappa shape index (κ2) is 9.78. The number of anilines is 1. The third kappa shape index (κ3) is 4.59. The van der Waals surface area contributed by atoms with E-state index in [-0.39, 0.29) is 17.1 Å². The highest BCUT2D eigenvalue weighted by Crippen LogP contribution is 2.30. The van der Waals surface area contributed by atoms with E-state index in [1.54, 1.807) is 42.0 Å². The average Bonchev–Trinajstić information content (AvgIpc) is 3.20. The Morgan fingerprint density at radius 1 is 1.21 bits per heavy atom. The van der Waals surface area contributed by atoms with E-state index in [1.807, 2.05) is 19.9 Å². The predicted octanol–water partition coefficient (Wildman–Crippen LogP) is 4.25. The second-order valence-corrected chi connectivity index (χ2v) is 8.84. The fourth-order valence-electron chi connectivity index (χ4n) is 3.49. The molecule has 1 amide bonds. The van der Waals surface area contributed by atoms with Gasteiger partial charge in [-0.3, -0.25) is 19.9 Å². The van der Waals surface area contributed by atoms with Gasteiger partial charge in [0.05, 0.1) is 36.7 Å². The van der Waals surface area contributed by atoms with Crippen LogP contribution in [-0.4, -0.2) is 45.6 Å². The first kappa shape index (κ1) is 23.7. The van der Waals surface area contributed by atoms with Crippen LogP contribution in [0.2, 0.25) is 5.02 Å². The van der Waals surface area contributed by atoms with Crippen molar-refractivity contribution in [1.29, 1.82) is 5.41 Å². The van der Waals surface area contributed by atoms with Crippen LogP contribution in [0.5, 0.6) is 11.5 Å². The van der Waals surface area contributed by atoms with Gasteiger partial charge in [0.15, 0.2) is 10.8 Å². The van der Waals surface area contributed by atoms with Crippen molar-refractivity contribution in [2.75, 3.05) is 25.3 Å². The van der Waals surface area contributed by atoms with Crippen molar-refractivity contribution < 1.29 is 14.3 Å². The molecule has 0 aliphatic heterocycles. The van der Waals surface area contributed by atoms with E-state index >= 15 is 0 Å². The van der Waals surface area contributed by atoms with Crippen molar-refractivity contribution in [3.05, 3.63) is 58.2 Å². The van der Waals surface area contributed by atoms with Crippen LogP contribution in [0.4, 0.5) is 5.69 Å². The molecular formula is C23H23ClN6O3S. The molecule has 9 nitrogen and oxygen atoms in total. The van der Waals surface area contributed by atoms with Crippen LogP contribution in [0.3, 0.4) is 0 Å². The molecule has 176 valence electrons. The number of halogens is 1. The molecule has 0 spiro atoms. The number of carbonyl (C=O) groups excluding carboxylic acids is 1. The van der Waals surface area contributed by atoms with Gasteiger partial charge in [-0.25, -0.2) is 4.98 Å². The highest BCUT2D eigenvalue weighted by molar-refractivity contribution is 7.99. The van der Waals surface area contributed by atoms with Crippen molar-refractivity contribution >= 4 is 46.0 Å². The molecule has 0 bridgehead atoms. The number of H-pyrrole nitrogens is 1. The molecule has 4 rings (SSSR count). The molecule has 0 saturated carbocycles. The first-order valence-corrected chi connectivity index (χ1v) is 11.6. The largest absolute Gasteiger partial charge is 0.497 e. The Labute approximate surface area is 205 Å². The highest BCUT2D eigenvalue weighted by Gasteiger charge is 2.18. The van der Waals surface area contributed by atoms with Crippen LogP contribution in [0.1, 0.15) is 11.3 Å². The van der Waals surface area contributed by atoms with Gasteiger partial charge < -0.3 is 14.8 Å². The molecule has 0 saturated heterocycles. The molecule has 0 unspecified atom stereocenters.